The highest BCUT2D eigenvalue weighted by Gasteiger charge is 2.16. The maximum atomic E-state index is 11.8. The lowest BCUT2D eigenvalue weighted by Gasteiger charge is -2.13. The Hall–Kier alpha value is -1.57. The number of hydrogen-bond acceptors (Lipinski definition) is 2. The van der Waals surface area contributed by atoms with Gasteiger partial charge in [0.25, 0.3) is 0 Å². The average molecular weight is 218 g/mol. The van der Waals surface area contributed by atoms with Crippen molar-refractivity contribution in [2.45, 2.75) is 20.8 Å². The average Bonchev–Trinajstić information content (AvgIpc) is 2.30. The molecule has 0 aliphatic carbocycles. The van der Waals surface area contributed by atoms with Gasteiger partial charge in [0.15, 0.2) is 0 Å². The summed E-state index contributed by atoms with van der Waals surface area (Å²) in [5, 5.41) is 0. The summed E-state index contributed by atoms with van der Waals surface area (Å²) in [7, 11) is 1.42. The SMILES string of the molecule is COC(=O)/C(=C(/C)C(C)C)c1ccccc1. The molecule has 0 spiro atoms. The van der Waals surface area contributed by atoms with Crippen LogP contribution in [-0.4, -0.2) is 13.1 Å². The Bertz CT molecular complexity index is 388. The minimum absolute atomic E-state index is 0.266. The van der Waals surface area contributed by atoms with Gasteiger partial charge in [-0.3, -0.25) is 0 Å². The molecule has 86 valence electrons. The third-order valence-corrected chi connectivity index (χ3v) is 2.71. The molecule has 0 atom stereocenters. The minimum Gasteiger partial charge on any atom is -0.465 e. The monoisotopic (exact) mass is 218 g/mol. The van der Waals surface area contributed by atoms with E-state index in [2.05, 4.69) is 13.8 Å². The molecule has 0 unspecified atom stereocenters. The van der Waals surface area contributed by atoms with E-state index < -0.39 is 0 Å². The molecule has 0 aromatic heterocycles. The van der Waals surface area contributed by atoms with Crippen LogP contribution in [0.2, 0.25) is 0 Å². The van der Waals surface area contributed by atoms with Gasteiger partial charge in [-0.05, 0) is 18.4 Å². The molecule has 0 fully saturated rings. The highest BCUT2D eigenvalue weighted by Crippen LogP contribution is 2.24. The van der Waals surface area contributed by atoms with E-state index in [4.69, 9.17) is 4.74 Å². The fourth-order valence-electron chi connectivity index (χ4n) is 1.50. The van der Waals surface area contributed by atoms with Crippen molar-refractivity contribution in [3.8, 4) is 0 Å². The fraction of sp³-hybridized carbons (Fsp3) is 0.357. The highest BCUT2D eigenvalue weighted by molar-refractivity contribution is 6.17. The van der Waals surface area contributed by atoms with Gasteiger partial charge in [0, 0.05) is 0 Å². The predicted molar refractivity (Wildman–Crippen MR) is 65.9 cm³/mol. The smallest absolute Gasteiger partial charge is 0.338 e. The molecular weight excluding hydrogens is 200 g/mol. The molecule has 1 rings (SSSR count). The molecule has 0 bridgehead atoms. The summed E-state index contributed by atoms with van der Waals surface area (Å²) in [6.07, 6.45) is 0. The van der Waals surface area contributed by atoms with Gasteiger partial charge in [-0.2, -0.15) is 0 Å². The summed E-state index contributed by atoms with van der Waals surface area (Å²) in [5.74, 6) is 0.0618. The topological polar surface area (TPSA) is 26.3 Å². The van der Waals surface area contributed by atoms with Crippen LogP contribution in [0.15, 0.2) is 35.9 Å². The third kappa shape index (κ3) is 2.72. The van der Waals surface area contributed by atoms with Gasteiger partial charge in [-0.15, -0.1) is 0 Å². The first kappa shape index (κ1) is 12.5. The van der Waals surface area contributed by atoms with Gasteiger partial charge in [-0.25, -0.2) is 4.79 Å². The molecular formula is C14H18O2. The molecule has 1 aromatic carbocycles. The third-order valence-electron chi connectivity index (χ3n) is 2.71. The summed E-state index contributed by atoms with van der Waals surface area (Å²) >= 11 is 0. The molecule has 2 heteroatoms. The van der Waals surface area contributed by atoms with Crippen LogP contribution in [-0.2, 0) is 9.53 Å². The summed E-state index contributed by atoms with van der Waals surface area (Å²) in [6, 6.07) is 9.64. The van der Waals surface area contributed by atoms with Gasteiger partial charge in [-0.1, -0.05) is 49.8 Å². The molecule has 1 aromatic rings. The number of ether oxygens (including phenoxy) is 1. The predicted octanol–water partition coefficient (Wildman–Crippen LogP) is 3.29. The number of allylic oxidation sites excluding steroid dienone is 1. The lowest BCUT2D eigenvalue weighted by molar-refractivity contribution is -0.133. The number of benzene rings is 1. The van der Waals surface area contributed by atoms with Crippen LogP contribution in [0.1, 0.15) is 26.3 Å². The van der Waals surface area contributed by atoms with E-state index >= 15 is 0 Å². The molecule has 0 aliphatic heterocycles. The van der Waals surface area contributed by atoms with Crippen molar-refractivity contribution in [3.63, 3.8) is 0 Å². The van der Waals surface area contributed by atoms with Crippen molar-refractivity contribution in [2.24, 2.45) is 5.92 Å². The van der Waals surface area contributed by atoms with Crippen molar-refractivity contribution < 1.29 is 9.53 Å². The molecule has 16 heavy (non-hydrogen) atoms. The van der Waals surface area contributed by atoms with E-state index in [1.54, 1.807) is 0 Å². The molecule has 0 N–H and O–H groups in total. The van der Waals surface area contributed by atoms with Crippen LogP contribution in [0.4, 0.5) is 0 Å². The zero-order valence-corrected chi connectivity index (χ0v) is 10.3. The Morgan fingerprint density at radius 3 is 2.19 bits per heavy atom. The highest BCUT2D eigenvalue weighted by atomic mass is 16.5. The van der Waals surface area contributed by atoms with Crippen molar-refractivity contribution >= 4 is 11.5 Å². The molecule has 0 heterocycles. The maximum absolute atomic E-state index is 11.8. The van der Waals surface area contributed by atoms with E-state index in [9.17, 15) is 4.79 Å². The Labute approximate surface area is 96.9 Å². The number of rotatable bonds is 3. The minimum atomic E-state index is -0.266. The van der Waals surface area contributed by atoms with E-state index in [1.807, 2.05) is 37.3 Å². The van der Waals surface area contributed by atoms with Crippen LogP contribution in [0, 0.1) is 5.92 Å². The van der Waals surface area contributed by atoms with Gasteiger partial charge in [0.1, 0.15) is 0 Å². The lowest BCUT2D eigenvalue weighted by Crippen LogP contribution is -2.08. The van der Waals surface area contributed by atoms with Gasteiger partial charge in [0.05, 0.1) is 12.7 Å². The summed E-state index contributed by atoms with van der Waals surface area (Å²) in [5.41, 5.74) is 2.65. The molecule has 0 amide bonds. The molecule has 0 saturated carbocycles. The van der Waals surface area contributed by atoms with Crippen molar-refractivity contribution in [1.29, 1.82) is 0 Å². The van der Waals surface area contributed by atoms with E-state index in [0.29, 0.717) is 11.5 Å². The summed E-state index contributed by atoms with van der Waals surface area (Å²) in [4.78, 5) is 11.8. The van der Waals surface area contributed by atoms with Crippen LogP contribution in [0.3, 0.4) is 0 Å². The van der Waals surface area contributed by atoms with E-state index in [-0.39, 0.29) is 5.97 Å². The van der Waals surface area contributed by atoms with E-state index in [1.165, 1.54) is 7.11 Å². The van der Waals surface area contributed by atoms with Crippen LogP contribution >= 0.6 is 0 Å². The molecule has 0 aliphatic rings. The maximum Gasteiger partial charge on any atom is 0.338 e. The zero-order chi connectivity index (χ0) is 12.1. The molecule has 0 saturated heterocycles. The second kappa shape index (κ2) is 5.50. The fourth-order valence-corrected chi connectivity index (χ4v) is 1.50. The zero-order valence-electron chi connectivity index (χ0n) is 10.3. The second-order valence-corrected chi connectivity index (χ2v) is 4.07. The van der Waals surface area contributed by atoms with Crippen LogP contribution in [0.5, 0.6) is 0 Å². The lowest BCUT2D eigenvalue weighted by atomic mass is 9.94. The Kier molecular flexibility index (Phi) is 4.29. The molecule has 2 nitrogen and oxygen atoms in total. The van der Waals surface area contributed by atoms with E-state index in [0.717, 1.165) is 11.1 Å². The summed E-state index contributed by atoms with van der Waals surface area (Å²) in [6.45, 7) is 6.12. The van der Waals surface area contributed by atoms with Crippen LogP contribution < -0.4 is 0 Å². The molecule has 0 radical (unpaired) electrons. The first-order valence-corrected chi connectivity index (χ1v) is 5.42. The number of carbonyl (C=O) groups is 1. The van der Waals surface area contributed by atoms with Gasteiger partial charge < -0.3 is 4.74 Å². The first-order valence-electron chi connectivity index (χ1n) is 5.42. The van der Waals surface area contributed by atoms with Crippen LogP contribution in [0.25, 0.3) is 5.57 Å². The number of carbonyl (C=O) groups excluding carboxylic acids is 1. The standard InChI is InChI=1S/C14H18O2/c1-10(2)11(3)13(14(15)16-4)12-8-6-5-7-9-12/h5-10H,1-4H3/b13-11-. The number of esters is 1. The van der Waals surface area contributed by atoms with Gasteiger partial charge >= 0.3 is 5.97 Å². The number of hydrogen-bond donors (Lipinski definition) is 0. The van der Waals surface area contributed by atoms with Crippen molar-refractivity contribution in [3.05, 3.63) is 41.5 Å². The normalized spacial score (nSPS) is 12.3. The first-order chi connectivity index (χ1) is 7.57. The quantitative estimate of drug-likeness (QED) is 0.575. The Morgan fingerprint density at radius 1 is 1.19 bits per heavy atom. The van der Waals surface area contributed by atoms with Gasteiger partial charge in [0.2, 0.25) is 0 Å². The number of methoxy groups -OCH3 is 1. The van der Waals surface area contributed by atoms with Crippen molar-refractivity contribution in [2.75, 3.05) is 7.11 Å². The Morgan fingerprint density at radius 2 is 1.75 bits per heavy atom. The largest absolute Gasteiger partial charge is 0.465 e. The Balaban J connectivity index is 3.28. The second-order valence-electron chi connectivity index (χ2n) is 4.07. The van der Waals surface area contributed by atoms with Crippen molar-refractivity contribution in [1.82, 2.24) is 0 Å². The summed E-state index contributed by atoms with van der Waals surface area (Å²) < 4.78 is 4.84.